The highest BCUT2D eigenvalue weighted by atomic mass is 16.6. The van der Waals surface area contributed by atoms with E-state index in [1.165, 1.54) is 0 Å². The Hall–Kier alpha value is -0.810. The van der Waals surface area contributed by atoms with E-state index in [9.17, 15) is 4.79 Å². The summed E-state index contributed by atoms with van der Waals surface area (Å²) >= 11 is 0. The van der Waals surface area contributed by atoms with Gasteiger partial charge in [-0.05, 0) is 53.5 Å². The van der Waals surface area contributed by atoms with Crippen molar-refractivity contribution < 1.29 is 14.6 Å². The van der Waals surface area contributed by atoms with Crippen molar-refractivity contribution in [3.63, 3.8) is 0 Å². The van der Waals surface area contributed by atoms with Crippen LogP contribution in [0.3, 0.4) is 0 Å². The van der Waals surface area contributed by atoms with Crippen LogP contribution in [0.25, 0.3) is 0 Å². The highest BCUT2D eigenvalue weighted by molar-refractivity contribution is 5.68. The first-order valence-electron chi connectivity index (χ1n) is 7.17. The van der Waals surface area contributed by atoms with Crippen LogP contribution in [0, 0.1) is 0 Å². The lowest BCUT2D eigenvalue weighted by Crippen LogP contribution is -2.54. The summed E-state index contributed by atoms with van der Waals surface area (Å²) in [7, 11) is 1.88. The zero-order chi connectivity index (χ0) is 14.5. The number of carbonyl (C=O) groups is 1. The van der Waals surface area contributed by atoms with E-state index >= 15 is 0 Å². The van der Waals surface area contributed by atoms with Crippen LogP contribution < -0.4 is 5.32 Å². The minimum Gasteiger partial charge on any atom is -0.444 e. The second kappa shape index (κ2) is 7.10. The average molecular weight is 272 g/mol. The molecule has 19 heavy (non-hydrogen) atoms. The van der Waals surface area contributed by atoms with Crippen molar-refractivity contribution in [1.82, 2.24) is 10.2 Å². The Balaban J connectivity index is 2.73. The van der Waals surface area contributed by atoms with Gasteiger partial charge in [-0.25, -0.2) is 4.79 Å². The third-order valence-electron chi connectivity index (χ3n) is 3.45. The normalized spacial score (nSPS) is 22.2. The molecule has 2 N–H and O–H groups in total. The molecule has 1 rings (SSSR count). The summed E-state index contributed by atoms with van der Waals surface area (Å²) in [4.78, 5) is 14.1. The molecule has 0 aromatic carbocycles. The molecule has 1 amide bonds. The molecule has 0 unspecified atom stereocenters. The molecule has 0 aromatic rings. The number of rotatable bonds is 4. The summed E-state index contributed by atoms with van der Waals surface area (Å²) in [6.07, 6.45) is 3.51. The topological polar surface area (TPSA) is 61.8 Å². The molecule has 112 valence electrons. The average Bonchev–Trinajstić information content (AvgIpc) is 2.34. The monoisotopic (exact) mass is 272 g/mol. The summed E-state index contributed by atoms with van der Waals surface area (Å²) < 4.78 is 5.48. The van der Waals surface area contributed by atoms with Gasteiger partial charge in [-0.1, -0.05) is 0 Å². The van der Waals surface area contributed by atoms with Crippen molar-refractivity contribution in [2.45, 2.75) is 64.1 Å². The van der Waals surface area contributed by atoms with Crippen molar-refractivity contribution in [2.75, 3.05) is 20.2 Å². The molecule has 0 aromatic heterocycles. The van der Waals surface area contributed by atoms with Crippen LogP contribution in [0.4, 0.5) is 4.79 Å². The number of aliphatic hydroxyl groups is 1. The molecule has 0 spiro atoms. The zero-order valence-corrected chi connectivity index (χ0v) is 12.6. The van der Waals surface area contributed by atoms with E-state index < -0.39 is 5.60 Å². The standard InChI is InChI=1S/C14H28N2O3/c1-14(2,3)19-13(18)16-9-6-5-7-12(16)11(15-4)8-10-17/h11-12,15,17H,5-10H2,1-4H3/t11-,12+/m1/s1. The number of nitrogens with zero attached hydrogens (tertiary/aromatic N) is 1. The van der Waals surface area contributed by atoms with Crippen LogP contribution in [0.1, 0.15) is 46.5 Å². The zero-order valence-electron chi connectivity index (χ0n) is 12.6. The van der Waals surface area contributed by atoms with Gasteiger partial charge in [-0.15, -0.1) is 0 Å². The number of ether oxygens (including phenoxy) is 1. The molecule has 0 aliphatic carbocycles. The molecule has 5 heteroatoms. The largest absolute Gasteiger partial charge is 0.444 e. The van der Waals surface area contributed by atoms with E-state index in [1.807, 2.05) is 32.7 Å². The SMILES string of the molecule is CN[C@H](CCO)[C@@H]1CCCCN1C(=O)OC(C)(C)C. The maximum atomic E-state index is 12.3. The number of carbonyl (C=O) groups excluding carboxylic acids is 1. The molecular formula is C14H28N2O3. The quantitative estimate of drug-likeness (QED) is 0.818. The Morgan fingerprint density at radius 3 is 2.68 bits per heavy atom. The molecule has 1 heterocycles. The summed E-state index contributed by atoms with van der Waals surface area (Å²) in [5.41, 5.74) is -0.467. The molecule has 1 fully saturated rings. The van der Waals surface area contributed by atoms with Crippen LogP contribution in [0.15, 0.2) is 0 Å². The van der Waals surface area contributed by atoms with Gasteiger partial charge in [-0.2, -0.15) is 0 Å². The molecule has 1 aliphatic rings. The van der Waals surface area contributed by atoms with Gasteiger partial charge in [0.05, 0.1) is 6.04 Å². The third kappa shape index (κ3) is 4.99. The Labute approximate surface area is 116 Å². The number of likely N-dealkylation sites (tertiary alicyclic amines) is 1. The van der Waals surface area contributed by atoms with Crippen LogP contribution in [0.5, 0.6) is 0 Å². The summed E-state index contributed by atoms with van der Waals surface area (Å²) in [5.74, 6) is 0. The fraction of sp³-hybridized carbons (Fsp3) is 0.929. The highest BCUT2D eigenvalue weighted by Gasteiger charge is 2.34. The van der Waals surface area contributed by atoms with Gasteiger partial charge in [-0.3, -0.25) is 0 Å². The first-order valence-corrected chi connectivity index (χ1v) is 7.17. The fourth-order valence-corrected chi connectivity index (χ4v) is 2.59. The number of hydrogen-bond acceptors (Lipinski definition) is 4. The minimum absolute atomic E-state index is 0.112. The number of aliphatic hydroxyl groups excluding tert-OH is 1. The van der Waals surface area contributed by atoms with Gasteiger partial charge in [0.15, 0.2) is 0 Å². The summed E-state index contributed by atoms with van der Waals surface area (Å²) in [6.45, 7) is 6.51. The Morgan fingerprint density at radius 1 is 1.47 bits per heavy atom. The molecule has 0 saturated carbocycles. The molecule has 1 saturated heterocycles. The van der Waals surface area contributed by atoms with E-state index in [0.29, 0.717) is 6.42 Å². The molecule has 0 radical (unpaired) electrons. The van der Waals surface area contributed by atoms with Gasteiger partial charge in [0, 0.05) is 19.2 Å². The van der Waals surface area contributed by atoms with E-state index in [4.69, 9.17) is 9.84 Å². The third-order valence-corrected chi connectivity index (χ3v) is 3.45. The van der Waals surface area contributed by atoms with Gasteiger partial charge < -0.3 is 20.1 Å². The maximum absolute atomic E-state index is 12.3. The number of likely N-dealkylation sites (N-methyl/N-ethyl adjacent to an activating group) is 1. The smallest absolute Gasteiger partial charge is 0.410 e. The Kier molecular flexibility index (Phi) is 6.07. The van der Waals surface area contributed by atoms with Crippen molar-refractivity contribution in [3.8, 4) is 0 Å². The van der Waals surface area contributed by atoms with Gasteiger partial charge in [0.25, 0.3) is 0 Å². The fourth-order valence-electron chi connectivity index (χ4n) is 2.59. The van der Waals surface area contributed by atoms with Crippen molar-refractivity contribution in [1.29, 1.82) is 0 Å². The summed E-state index contributed by atoms with van der Waals surface area (Å²) in [5, 5.41) is 12.3. The predicted molar refractivity (Wildman–Crippen MR) is 75.1 cm³/mol. The lowest BCUT2D eigenvalue weighted by molar-refractivity contribution is 0.00379. The van der Waals surface area contributed by atoms with Crippen LogP contribution in [-0.2, 0) is 4.74 Å². The number of nitrogens with one attached hydrogen (secondary N) is 1. The van der Waals surface area contributed by atoms with Gasteiger partial charge >= 0.3 is 6.09 Å². The number of hydrogen-bond donors (Lipinski definition) is 2. The maximum Gasteiger partial charge on any atom is 0.410 e. The number of piperidine rings is 1. The predicted octanol–water partition coefficient (Wildman–Crippen LogP) is 1.75. The first-order chi connectivity index (χ1) is 8.89. The summed E-state index contributed by atoms with van der Waals surface area (Å²) in [6, 6.07) is 0.235. The number of amides is 1. The lowest BCUT2D eigenvalue weighted by Gasteiger charge is -2.40. The van der Waals surface area contributed by atoms with Crippen LogP contribution in [-0.4, -0.2) is 54.0 Å². The van der Waals surface area contributed by atoms with Crippen molar-refractivity contribution >= 4 is 6.09 Å². The van der Waals surface area contributed by atoms with Gasteiger partial charge in [0.1, 0.15) is 5.60 Å². The highest BCUT2D eigenvalue weighted by Crippen LogP contribution is 2.23. The lowest BCUT2D eigenvalue weighted by atomic mass is 9.94. The van der Waals surface area contributed by atoms with Crippen LogP contribution >= 0.6 is 0 Å². The van der Waals surface area contributed by atoms with Crippen molar-refractivity contribution in [2.24, 2.45) is 0 Å². The Bertz CT molecular complexity index is 289. The van der Waals surface area contributed by atoms with E-state index in [1.54, 1.807) is 0 Å². The van der Waals surface area contributed by atoms with E-state index in [0.717, 1.165) is 25.8 Å². The molecule has 5 nitrogen and oxygen atoms in total. The molecule has 1 aliphatic heterocycles. The van der Waals surface area contributed by atoms with Gasteiger partial charge in [0.2, 0.25) is 0 Å². The van der Waals surface area contributed by atoms with Crippen LogP contribution in [0.2, 0.25) is 0 Å². The second-order valence-electron chi connectivity index (χ2n) is 6.14. The molecule has 0 bridgehead atoms. The first kappa shape index (κ1) is 16.2. The van der Waals surface area contributed by atoms with E-state index in [-0.39, 0.29) is 24.8 Å². The second-order valence-corrected chi connectivity index (χ2v) is 6.14. The van der Waals surface area contributed by atoms with Crippen molar-refractivity contribution in [3.05, 3.63) is 0 Å². The Morgan fingerprint density at radius 2 is 2.16 bits per heavy atom. The molecule has 2 atom stereocenters. The van der Waals surface area contributed by atoms with E-state index in [2.05, 4.69) is 5.32 Å². The molecular weight excluding hydrogens is 244 g/mol. The minimum atomic E-state index is -0.467.